The van der Waals surface area contributed by atoms with Gasteiger partial charge in [0.1, 0.15) is 11.9 Å². The van der Waals surface area contributed by atoms with Gasteiger partial charge < -0.3 is 15.0 Å². The van der Waals surface area contributed by atoms with Crippen molar-refractivity contribution in [3.8, 4) is 5.75 Å². The van der Waals surface area contributed by atoms with Crippen LogP contribution in [0, 0.1) is 5.92 Å². The highest BCUT2D eigenvalue weighted by Gasteiger charge is 2.25. The molecule has 5 rings (SSSR count). The number of hydrogen-bond donors (Lipinski definition) is 1. The minimum absolute atomic E-state index is 0.0268. The third-order valence-electron chi connectivity index (χ3n) is 7.42. The summed E-state index contributed by atoms with van der Waals surface area (Å²) in [6, 6.07) is 13.8. The zero-order valence-corrected chi connectivity index (χ0v) is 19.7. The van der Waals surface area contributed by atoms with Gasteiger partial charge in [0.25, 0.3) is 5.91 Å². The quantitative estimate of drug-likeness (QED) is 0.548. The third-order valence-corrected chi connectivity index (χ3v) is 7.42. The van der Waals surface area contributed by atoms with Crippen LogP contribution in [0.1, 0.15) is 55.3 Å². The number of para-hydroxylation sites is 1. The fourth-order valence-corrected chi connectivity index (χ4v) is 5.38. The van der Waals surface area contributed by atoms with Crippen LogP contribution in [0.5, 0.6) is 5.75 Å². The van der Waals surface area contributed by atoms with E-state index < -0.39 is 0 Å². The molecule has 0 spiro atoms. The van der Waals surface area contributed by atoms with E-state index in [0.29, 0.717) is 6.10 Å². The molecule has 34 heavy (non-hydrogen) atoms. The van der Waals surface area contributed by atoms with Crippen LogP contribution in [-0.2, 0) is 0 Å². The maximum Gasteiger partial charge on any atom is 0.252 e. The second-order valence-corrected chi connectivity index (χ2v) is 9.70. The molecule has 0 atom stereocenters. The van der Waals surface area contributed by atoms with E-state index in [4.69, 9.17) is 4.74 Å². The molecule has 1 aliphatic carbocycles. The molecule has 6 nitrogen and oxygen atoms in total. The van der Waals surface area contributed by atoms with Gasteiger partial charge in [-0.1, -0.05) is 18.2 Å². The van der Waals surface area contributed by atoms with E-state index in [-0.39, 0.29) is 11.9 Å². The lowest BCUT2D eigenvalue weighted by molar-refractivity contribution is 0.0898. The molecule has 1 saturated carbocycles. The van der Waals surface area contributed by atoms with E-state index in [1.807, 2.05) is 42.5 Å². The molecule has 6 heteroatoms. The molecule has 1 aromatic carbocycles. The van der Waals surface area contributed by atoms with Gasteiger partial charge in [0, 0.05) is 43.1 Å². The topological polar surface area (TPSA) is 67.4 Å². The molecule has 1 N–H and O–H groups in total. The summed E-state index contributed by atoms with van der Waals surface area (Å²) in [6.45, 7) is 3.40. The number of piperidine rings is 1. The molecule has 178 valence electrons. The Kier molecular flexibility index (Phi) is 7.34. The molecule has 1 saturated heterocycles. The number of rotatable bonds is 7. The Morgan fingerprint density at radius 1 is 0.941 bits per heavy atom. The van der Waals surface area contributed by atoms with Gasteiger partial charge >= 0.3 is 0 Å². The maximum absolute atomic E-state index is 12.9. The summed E-state index contributed by atoms with van der Waals surface area (Å²) in [6.07, 6.45) is 13.6. The van der Waals surface area contributed by atoms with E-state index in [1.165, 1.54) is 25.8 Å². The van der Waals surface area contributed by atoms with Crippen molar-refractivity contribution in [1.29, 1.82) is 0 Å². The Labute approximate surface area is 201 Å². The first-order valence-corrected chi connectivity index (χ1v) is 12.7. The molecular weight excluding hydrogens is 424 g/mol. The van der Waals surface area contributed by atoms with Gasteiger partial charge in [-0.05, 0) is 81.7 Å². The highest BCUT2D eigenvalue weighted by molar-refractivity contribution is 6.06. The Hall–Kier alpha value is -2.99. The molecule has 3 aromatic rings. The summed E-state index contributed by atoms with van der Waals surface area (Å²) < 4.78 is 6.09. The Bertz CT molecular complexity index is 1070. The average Bonchev–Trinajstić information content (AvgIpc) is 2.89. The second kappa shape index (κ2) is 11.0. The number of carbonyl (C=O) groups excluding carboxylic acids is 1. The first-order valence-electron chi connectivity index (χ1n) is 12.7. The Morgan fingerprint density at radius 2 is 1.71 bits per heavy atom. The largest absolute Gasteiger partial charge is 0.490 e. The summed E-state index contributed by atoms with van der Waals surface area (Å²) in [7, 11) is 0. The number of nitrogens with zero attached hydrogens (tertiary/aromatic N) is 3. The summed E-state index contributed by atoms with van der Waals surface area (Å²) in [5.41, 5.74) is 1.59. The zero-order chi connectivity index (χ0) is 23.2. The predicted octanol–water partition coefficient (Wildman–Crippen LogP) is 4.85. The number of pyridine rings is 2. The lowest BCUT2D eigenvalue weighted by atomic mass is 9.83. The zero-order valence-electron chi connectivity index (χ0n) is 19.7. The molecule has 1 aliphatic heterocycles. The van der Waals surface area contributed by atoms with Gasteiger partial charge in [0.05, 0.1) is 11.1 Å². The number of fused-ring (bicyclic) bond motifs is 1. The molecule has 0 unspecified atom stereocenters. The first-order chi connectivity index (χ1) is 16.7. The van der Waals surface area contributed by atoms with Crippen molar-refractivity contribution < 1.29 is 9.53 Å². The predicted molar refractivity (Wildman–Crippen MR) is 134 cm³/mol. The number of ether oxygens (including phenoxy) is 1. The third kappa shape index (κ3) is 5.73. The van der Waals surface area contributed by atoms with Gasteiger partial charge in [-0.15, -0.1) is 0 Å². The number of carbonyl (C=O) groups is 1. The summed E-state index contributed by atoms with van der Waals surface area (Å²) >= 11 is 0. The van der Waals surface area contributed by atoms with Gasteiger partial charge in [-0.2, -0.15) is 0 Å². The molecule has 0 radical (unpaired) electrons. The molecule has 2 aliphatic rings. The number of nitrogens with one attached hydrogen (secondary N) is 1. The van der Waals surface area contributed by atoms with Crippen LogP contribution in [0.3, 0.4) is 0 Å². The average molecular weight is 459 g/mol. The maximum atomic E-state index is 12.9. The molecular formula is C28H34N4O2. The first kappa shape index (κ1) is 22.8. The number of benzene rings is 1. The lowest BCUT2D eigenvalue weighted by Crippen LogP contribution is -2.40. The Morgan fingerprint density at radius 3 is 2.50 bits per heavy atom. The van der Waals surface area contributed by atoms with Gasteiger partial charge in [-0.25, -0.2) is 0 Å². The van der Waals surface area contributed by atoms with Crippen molar-refractivity contribution >= 4 is 16.8 Å². The fourth-order valence-electron chi connectivity index (χ4n) is 5.38. The molecule has 2 fully saturated rings. The van der Waals surface area contributed by atoms with Crippen LogP contribution in [0.2, 0.25) is 0 Å². The van der Waals surface area contributed by atoms with Crippen LogP contribution >= 0.6 is 0 Å². The van der Waals surface area contributed by atoms with E-state index in [9.17, 15) is 4.79 Å². The number of likely N-dealkylation sites (tertiary alicyclic amines) is 1. The van der Waals surface area contributed by atoms with Crippen molar-refractivity contribution in [2.45, 2.75) is 57.1 Å². The van der Waals surface area contributed by atoms with E-state index in [0.717, 1.165) is 66.9 Å². The van der Waals surface area contributed by atoms with Crippen LogP contribution in [0.4, 0.5) is 0 Å². The second-order valence-electron chi connectivity index (χ2n) is 9.70. The molecule has 1 amide bonds. The summed E-state index contributed by atoms with van der Waals surface area (Å²) in [5.74, 6) is 1.72. The summed E-state index contributed by atoms with van der Waals surface area (Å²) in [4.78, 5) is 23.9. The van der Waals surface area contributed by atoms with Gasteiger partial charge in [0.2, 0.25) is 0 Å². The number of amides is 1. The van der Waals surface area contributed by atoms with Gasteiger partial charge in [-0.3, -0.25) is 14.8 Å². The fraction of sp³-hybridized carbons (Fsp3) is 0.464. The molecule has 0 bridgehead atoms. The minimum atomic E-state index is 0.0268. The van der Waals surface area contributed by atoms with E-state index in [2.05, 4.69) is 20.2 Å². The lowest BCUT2D eigenvalue weighted by Gasteiger charge is -2.34. The SMILES string of the molecule is O=C(NC1CCC(CCN2CCC(Oc3ccncc3)CC2)CC1)c1ccnc2ccccc12. The number of hydrogen-bond acceptors (Lipinski definition) is 5. The number of aromatic nitrogens is 2. The Balaban J connectivity index is 1.02. The van der Waals surface area contributed by atoms with Crippen LogP contribution in [0.15, 0.2) is 61.1 Å². The smallest absolute Gasteiger partial charge is 0.252 e. The highest BCUT2D eigenvalue weighted by Crippen LogP contribution is 2.28. The molecule has 3 heterocycles. The minimum Gasteiger partial charge on any atom is -0.490 e. The van der Waals surface area contributed by atoms with Crippen molar-refractivity contribution in [3.05, 3.63) is 66.6 Å². The van der Waals surface area contributed by atoms with E-state index in [1.54, 1.807) is 18.6 Å². The molecule has 2 aromatic heterocycles. The summed E-state index contributed by atoms with van der Waals surface area (Å²) in [5, 5.41) is 4.21. The van der Waals surface area contributed by atoms with Crippen molar-refractivity contribution in [1.82, 2.24) is 20.2 Å². The highest BCUT2D eigenvalue weighted by atomic mass is 16.5. The van der Waals surface area contributed by atoms with Crippen LogP contribution in [-0.4, -0.2) is 52.6 Å². The normalized spacial score (nSPS) is 21.9. The van der Waals surface area contributed by atoms with Crippen molar-refractivity contribution in [2.24, 2.45) is 5.92 Å². The van der Waals surface area contributed by atoms with Gasteiger partial charge in [0.15, 0.2) is 0 Å². The van der Waals surface area contributed by atoms with Crippen LogP contribution < -0.4 is 10.1 Å². The monoisotopic (exact) mass is 458 g/mol. The van der Waals surface area contributed by atoms with Crippen LogP contribution in [0.25, 0.3) is 10.9 Å². The van der Waals surface area contributed by atoms with Crippen molar-refractivity contribution in [3.63, 3.8) is 0 Å². The van der Waals surface area contributed by atoms with E-state index >= 15 is 0 Å². The standard InChI is InChI=1S/C28H34N4O2/c33-28(26-11-17-30-27-4-2-1-3-25(26)27)31-22-7-5-21(6-8-22)12-18-32-19-13-24(14-20-32)34-23-9-15-29-16-10-23/h1-4,9-11,15-17,21-22,24H,5-8,12-14,18-20H2,(H,31,33). The van der Waals surface area contributed by atoms with Crippen molar-refractivity contribution in [2.75, 3.05) is 19.6 Å².